The van der Waals surface area contributed by atoms with Crippen LogP contribution in [-0.4, -0.2) is 56.6 Å². The van der Waals surface area contributed by atoms with Gasteiger partial charge in [0.25, 0.3) is 5.91 Å². The highest BCUT2D eigenvalue weighted by atomic mass is 32.2. The molecule has 0 unspecified atom stereocenters. The van der Waals surface area contributed by atoms with Gasteiger partial charge >= 0.3 is 5.97 Å². The molecule has 2 amide bonds. The van der Waals surface area contributed by atoms with Gasteiger partial charge in [0.2, 0.25) is 5.91 Å². The van der Waals surface area contributed by atoms with Crippen LogP contribution in [0.3, 0.4) is 0 Å². The molecule has 0 saturated carbocycles. The van der Waals surface area contributed by atoms with Crippen LogP contribution in [0.25, 0.3) is 0 Å². The van der Waals surface area contributed by atoms with Crippen LogP contribution in [0.1, 0.15) is 23.2 Å². The van der Waals surface area contributed by atoms with Crippen molar-refractivity contribution in [1.82, 2.24) is 10.6 Å². The lowest BCUT2D eigenvalue weighted by Crippen LogP contribution is -2.43. The Hall–Kier alpha value is -2.22. The van der Waals surface area contributed by atoms with Crippen molar-refractivity contribution in [1.29, 1.82) is 0 Å². The summed E-state index contributed by atoms with van der Waals surface area (Å²) in [4.78, 5) is 35.6. The van der Waals surface area contributed by atoms with E-state index in [0.29, 0.717) is 17.7 Å². The van der Waals surface area contributed by atoms with Crippen LogP contribution in [-0.2, 0) is 14.3 Å². The van der Waals surface area contributed by atoms with E-state index in [4.69, 9.17) is 4.74 Å². The molecule has 0 aromatic heterocycles. The van der Waals surface area contributed by atoms with Crippen molar-refractivity contribution >= 4 is 29.5 Å². The Labute approximate surface area is 151 Å². The standard InChI is InChI=1S/C17H24N2O5S/c1-23-13-6-4-12(5-7-13)16(21)18-10-8-15(20)19-14(9-11-25-3)17(22)24-2/h4-7,14H,8-11H2,1-3H3,(H,18,21)(H,19,20)/t14-/m1/s1. The molecule has 2 N–H and O–H groups in total. The largest absolute Gasteiger partial charge is 0.497 e. The monoisotopic (exact) mass is 368 g/mol. The Balaban J connectivity index is 2.41. The van der Waals surface area contributed by atoms with Crippen LogP contribution in [0.2, 0.25) is 0 Å². The van der Waals surface area contributed by atoms with Gasteiger partial charge in [-0.1, -0.05) is 0 Å². The van der Waals surface area contributed by atoms with Crippen molar-refractivity contribution in [2.45, 2.75) is 18.9 Å². The molecule has 0 aliphatic rings. The molecular formula is C17H24N2O5S. The number of amides is 2. The molecule has 138 valence electrons. The maximum atomic E-state index is 12.0. The first-order valence-electron chi connectivity index (χ1n) is 7.80. The molecule has 1 rings (SSSR count). The number of hydrogen-bond acceptors (Lipinski definition) is 6. The van der Waals surface area contributed by atoms with E-state index < -0.39 is 12.0 Å². The lowest BCUT2D eigenvalue weighted by molar-refractivity contribution is -0.145. The lowest BCUT2D eigenvalue weighted by Gasteiger charge is -2.16. The minimum Gasteiger partial charge on any atom is -0.497 e. The normalized spacial score (nSPS) is 11.3. The predicted octanol–water partition coefficient (Wildman–Crippen LogP) is 1.23. The molecule has 1 atom stereocenters. The number of ether oxygens (including phenoxy) is 2. The second-order valence-corrected chi connectivity index (χ2v) is 6.14. The fourth-order valence-electron chi connectivity index (χ4n) is 2.03. The first-order valence-corrected chi connectivity index (χ1v) is 9.19. The summed E-state index contributed by atoms with van der Waals surface area (Å²) in [6.45, 7) is 0.174. The Morgan fingerprint density at radius 3 is 2.40 bits per heavy atom. The third-order valence-electron chi connectivity index (χ3n) is 3.42. The summed E-state index contributed by atoms with van der Waals surface area (Å²) in [6.07, 6.45) is 2.50. The Morgan fingerprint density at radius 1 is 1.16 bits per heavy atom. The summed E-state index contributed by atoms with van der Waals surface area (Å²) < 4.78 is 9.72. The van der Waals surface area contributed by atoms with E-state index in [2.05, 4.69) is 15.4 Å². The van der Waals surface area contributed by atoms with Gasteiger partial charge in [0.1, 0.15) is 11.8 Å². The highest BCUT2D eigenvalue weighted by molar-refractivity contribution is 7.98. The van der Waals surface area contributed by atoms with Gasteiger partial charge in [-0.15, -0.1) is 0 Å². The molecule has 0 fully saturated rings. The van der Waals surface area contributed by atoms with E-state index in [1.165, 1.54) is 7.11 Å². The second kappa shape index (κ2) is 11.4. The first-order chi connectivity index (χ1) is 12.0. The van der Waals surface area contributed by atoms with Gasteiger partial charge in [0.15, 0.2) is 0 Å². The Kier molecular flexibility index (Phi) is 9.46. The molecule has 0 saturated heterocycles. The van der Waals surface area contributed by atoms with E-state index in [1.54, 1.807) is 43.1 Å². The van der Waals surface area contributed by atoms with Crippen LogP contribution in [0.5, 0.6) is 5.75 Å². The van der Waals surface area contributed by atoms with Crippen molar-refractivity contribution in [3.63, 3.8) is 0 Å². The molecule has 0 spiro atoms. The van der Waals surface area contributed by atoms with Crippen molar-refractivity contribution in [2.24, 2.45) is 0 Å². The topological polar surface area (TPSA) is 93.7 Å². The second-order valence-electron chi connectivity index (χ2n) is 5.16. The third kappa shape index (κ3) is 7.47. The number of methoxy groups -OCH3 is 2. The fraction of sp³-hybridized carbons (Fsp3) is 0.471. The minimum absolute atomic E-state index is 0.0780. The Morgan fingerprint density at radius 2 is 1.84 bits per heavy atom. The number of esters is 1. The number of carbonyl (C=O) groups is 3. The number of carbonyl (C=O) groups excluding carboxylic acids is 3. The van der Waals surface area contributed by atoms with Gasteiger partial charge in [-0.05, 0) is 42.7 Å². The highest BCUT2D eigenvalue weighted by Gasteiger charge is 2.20. The predicted molar refractivity (Wildman–Crippen MR) is 96.9 cm³/mol. The maximum Gasteiger partial charge on any atom is 0.328 e. The van der Waals surface area contributed by atoms with E-state index >= 15 is 0 Å². The molecule has 0 heterocycles. The summed E-state index contributed by atoms with van der Waals surface area (Å²) in [6, 6.07) is 6.00. The number of thioether (sulfide) groups is 1. The molecule has 1 aromatic rings. The zero-order chi connectivity index (χ0) is 18.7. The van der Waals surface area contributed by atoms with Gasteiger partial charge in [-0.25, -0.2) is 4.79 Å². The summed E-state index contributed by atoms with van der Waals surface area (Å²) in [5, 5.41) is 5.30. The third-order valence-corrected chi connectivity index (χ3v) is 4.07. The van der Waals surface area contributed by atoms with Crippen molar-refractivity contribution in [3.05, 3.63) is 29.8 Å². The average molecular weight is 368 g/mol. The summed E-state index contributed by atoms with van der Waals surface area (Å²) in [5.41, 5.74) is 0.480. The molecule has 0 aliphatic heterocycles. The van der Waals surface area contributed by atoms with E-state index in [1.807, 2.05) is 6.26 Å². The minimum atomic E-state index is -0.665. The quantitative estimate of drug-likeness (QED) is 0.603. The van der Waals surface area contributed by atoms with Gasteiger partial charge in [-0.3, -0.25) is 9.59 Å². The Bertz CT molecular complexity index is 577. The lowest BCUT2D eigenvalue weighted by atomic mass is 10.2. The summed E-state index contributed by atoms with van der Waals surface area (Å²) >= 11 is 1.58. The van der Waals surface area contributed by atoms with Crippen LogP contribution >= 0.6 is 11.8 Å². The van der Waals surface area contributed by atoms with E-state index in [-0.39, 0.29) is 24.8 Å². The van der Waals surface area contributed by atoms with Crippen LogP contribution < -0.4 is 15.4 Å². The molecule has 25 heavy (non-hydrogen) atoms. The van der Waals surface area contributed by atoms with E-state index in [9.17, 15) is 14.4 Å². The summed E-state index contributed by atoms with van der Waals surface area (Å²) in [5.74, 6) is 0.336. The molecule has 0 radical (unpaired) electrons. The number of hydrogen-bond donors (Lipinski definition) is 2. The smallest absolute Gasteiger partial charge is 0.328 e. The van der Waals surface area contributed by atoms with Crippen LogP contribution in [0.4, 0.5) is 0 Å². The average Bonchev–Trinajstić information content (AvgIpc) is 2.64. The van der Waals surface area contributed by atoms with E-state index in [0.717, 1.165) is 5.75 Å². The van der Waals surface area contributed by atoms with Gasteiger partial charge in [0.05, 0.1) is 14.2 Å². The maximum absolute atomic E-state index is 12.0. The first kappa shape index (κ1) is 20.8. The molecule has 0 aliphatic carbocycles. The zero-order valence-electron chi connectivity index (χ0n) is 14.7. The zero-order valence-corrected chi connectivity index (χ0v) is 15.5. The molecule has 7 nitrogen and oxygen atoms in total. The molecule has 8 heteroatoms. The molecular weight excluding hydrogens is 344 g/mol. The van der Waals surface area contributed by atoms with Gasteiger partial charge in [0, 0.05) is 18.5 Å². The number of nitrogens with one attached hydrogen (secondary N) is 2. The van der Waals surface area contributed by atoms with Crippen LogP contribution in [0, 0.1) is 0 Å². The number of rotatable bonds is 10. The van der Waals surface area contributed by atoms with Gasteiger partial charge in [-0.2, -0.15) is 11.8 Å². The SMILES string of the molecule is COC(=O)[C@@H](CCSC)NC(=O)CCNC(=O)c1ccc(OC)cc1. The van der Waals surface area contributed by atoms with Crippen molar-refractivity contribution in [3.8, 4) is 5.75 Å². The molecule has 1 aromatic carbocycles. The fourth-order valence-corrected chi connectivity index (χ4v) is 2.50. The van der Waals surface area contributed by atoms with Crippen molar-refractivity contribution < 1.29 is 23.9 Å². The van der Waals surface area contributed by atoms with Crippen LogP contribution in [0.15, 0.2) is 24.3 Å². The molecule has 0 bridgehead atoms. The highest BCUT2D eigenvalue weighted by Crippen LogP contribution is 2.11. The van der Waals surface area contributed by atoms with Crippen molar-refractivity contribution in [2.75, 3.05) is 32.8 Å². The summed E-state index contributed by atoms with van der Waals surface area (Å²) in [7, 11) is 2.84. The number of benzene rings is 1. The van der Waals surface area contributed by atoms with Gasteiger partial charge < -0.3 is 20.1 Å².